The molecule has 5 nitrogen and oxygen atoms in total. The number of piperidine rings is 1. The first-order valence-corrected chi connectivity index (χ1v) is 6.34. The number of hydrogen-bond donors (Lipinski definition) is 2. The molecule has 1 aliphatic heterocycles. The molecule has 1 saturated heterocycles. The van der Waals surface area contributed by atoms with Gasteiger partial charge in [-0.25, -0.2) is 4.98 Å². The normalized spacial score (nSPS) is 19.6. The Kier molecular flexibility index (Phi) is 8.01. The average molecular weight is 324 g/mol. The number of ether oxygens (including phenoxy) is 1. The van der Waals surface area contributed by atoms with Gasteiger partial charge in [-0.15, -0.1) is 24.8 Å². The first-order valence-electron chi connectivity index (χ1n) is 6.34. The number of rotatable bonds is 3. The van der Waals surface area contributed by atoms with Crippen LogP contribution >= 0.6 is 24.8 Å². The Bertz CT molecular complexity index is 419. The summed E-state index contributed by atoms with van der Waals surface area (Å²) in [5, 5.41) is 9.72. The number of aliphatic hydroxyl groups excluding tert-OH is 1. The van der Waals surface area contributed by atoms with Crippen LogP contribution in [0.4, 0.5) is 11.5 Å². The molecule has 0 aromatic carbocycles. The van der Waals surface area contributed by atoms with Gasteiger partial charge in [0.15, 0.2) is 0 Å². The minimum absolute atomic E-state index is 0. The summed E-state index contributed by atoms with van der Waals surface area (Å²) in [5.41, 5.74) is 6.61. The quantitative estimate of drug-likeness (QED) is 0.891. The molecular formula is C13H23Cl2N3O2. The number of halogens is 2. The highest BCUT2D eigenvalue weighted by molar-refractivity contribution is 5.85. The maximum atomic E-state index is 9.72. The van der Waals surface area contributed by atoms with Crippen molar-refractivity contribution in [3.8, 4) is 5.75 Å². The SMILES string of the molecule is COc1cc(N)ncc1N1CCC[C@@H]([C@H](C)O)C1.Cl.Cl. The topological polar surface area (TPSA) is 71.6 Å². The van der Waals surface area contributed by atoms with Gasteiger partial charge in [0, 0.05) is 25.1 Å². The summed E-state index contributed by atoms with van der Waals surface area (Å²) in [4.78, 5) is 6.34. The predicted octanol–water partition coefficient (Wildman–Crippen LogP) is 2.11. The molecule has 1 aromatic rings. The molecule has 1 fully saturated rings. The van der Waals surface area contributed by atoms with Crippen LogP contribution in [0.15, 0.2) is 12.3 Å². The van der Waals surface area contributed by atoms with Crippen molar-refractivity contribution in [3.63, 3.8) is 0 Å². The largest absolute Gasteiger partial charge is 0.494 e. The van der Waals surface area contributed by atoms with E-state index in [1.165, 1.54) is 0 Å². The fourth-order valence-electron chi connectivity index (χ4n) is 2.47. The second-order valence-corrected chi connectivity index (χ2v) is 4.87. The van der Waals surface area contributed by atoms with Gasteiger partial charge in [0.25, 0.3) is 0 Å². The number of pyridine rings is 1. The van der Waals surface area contributed by atoms with Crippen LogP contribution in [0.5, 0.6) is 5.75 Å². The van der Waals surface area contributed by atoms with Gasteiger partial charge in [0.1, 0.15) is 11.6 Å². The van der Waals surface area contributed by atoms with Crippen molar-refractivity contribution in [2.75, 3.05) is 30.8 Å². The third-order valence-corrected chi connectivity index (χ3v) is 3.57. The van der Waals surface area contributed by atoms with E-state index in [-0.39, 0.29) is 30.9 Å². The van der Waals surface area contributed by atoms with Crippen LogP contribution in [0.3, 0.4) is 0 Å². The zero-order valence-electron chi connectivity index (χ0n) is 11.8. The first-order chi connectivity index (χ1) is 8.61. The van der Waals surface area contributed by atoms with E-state index in [4.69, 9.17) is 10.5 Å². The smallest absolute Gasteiger partial charge is 0.147 e. The van der Waals surface area contributed by atoms with Crippen molar-refractivity contribution in [2.24, 2.45) is 5.92 Å². The summed E-state index contributed by atoms with van der Waals surface area (Å²) in [7, 11) is 1.63. The zero-order chi connectivity index (χ0) is 13.1. The molecule has 20 heavy (non-hydrogen) atoms. The van der Waals surface area contributed by atoms with Crippen molar-refractivity contribution in [1.82, 2.24) is 4.98 Å². The van der Waals surface area contributed by atoms with Gasteiger partial charge in [-0.1, -0.05) is 0 Å². The summed E-state index contributed by atoms with van der Waals surface area (Å²) >= 11 is 0. The molecule has 3 N–H and O–H groups in total. The molecule has 0 saturated carbocycles. The van der Waals surface area contributed by atoms with Gasteiger partial charge in [-0.2, -0.15) is 0 Å². The van der Waals surface area contributed by atoms with Crippen LogP contribution < -0.4 is 15.4 Å². The standard InChI is InChI=1S/C13H21N3O2.2ClH/c1-9(17)10-4-3-5-16(8-10)11-7-15-13(14)6-12(11)18-2;;/h6-7,9-10,17H,3-5,8H2,1-2H3,(H2,14,15);2*1H/t9-,10+;;/m0../s1. The second kappa shape index (κ2) is 8.39. The van der Waals surface area contributed by atoms with Crippen molar-refractivity contribution in [1.29, 1.82) is 0 Å². The third kappa shape index (κ3) is 4.30. The fourth-order valence-corrected chi connectivity index (χ4v) is 2.47. The van der Waals surface area contributed by atoms with Crippen LogP contribution in [0.25, 0.3) is 0 Å². The monoisotopic (exact) mass is 323 g/mol. The van der Waals surface area contributed by atoms with E-state index in [0.717, 1.165) is 37.4 Å². The van der Waals surface area contributed by atoms with Crippen LogP contribution in [0.2, 0.25) is 0 Å². The molecule has 2 atom stereocenters. The summed E-state index contributed by atoms with van der Waals surface area (Å²) < 4.78 is 5.35. The maximum absolute atomic E-state index is 9.72. The van der Waals surface area contributed by atoms with Gasteiger partial charge < -0.3 is 20.5 Å². The highest BCUT2D eigenvalue weighted by Gasteiger charge is 2.25. The van der Waals surface area contributed by atoms with E-state index in [1.807, 2.05) is 6.92 Å². The van der Waals surface area contributed by atoms with Gasteiger partial charge in [-0.3, -0.25) is 0 Å². The van der Waals surface area contributed by atoms with Crippen molar-refractivity contribution in [2.45, 2.75) is 25.9 Å². The third-order valence-electron chi connectivity index (χ3n) is 3.57. The molecule has 0 bridgehead atoms. The number of nitrogens with two attached hydrogens (primary N) is 1. The molecule has 7 heteroatoms. The lowest BCUT2D eigenvalue weighted by Gasteiger charge is -2.36. The lowest BCUT2D eigenvalue weighted by Crippen LogP contribution is -2.39. The number of aliphatic hydroxyl groups is 1. The molecule has 2 heterocycles. The summed E-state index contributed by atoms with van der Waals surface area (Å²) in [6.07, 6.45) is 3.61. The minimum atomic E-state index is -0.277. The molecule has 0 unspecified atom stereocenters. The van der Waals surface area contributed by atoms with E-state index in [9.17, 15) is 5.11 Å². The van der Waals surface area contributed by atoms with Crippen molar-refractivity contribution in [3.05, 3.63) is 12.3 Å². The molecule has 0 radical (unpaired) electrons. The lowest BCUT2D eigenvalue weighted by atomic mass is 9.93. The highest BCUT2D eigenvalue weighted by atomic mass is 35.5. The first kappa shape index (κ1) is 19.1. The molecular weight excluding hydrogens is 301 g/mol. The number of aromatic nitrogens is 1. The van der Waals surface area contributed by atoms with E-state index in [1.54, 1.807) is 19.4 Å². The van der Waals surface area contributed by atoms with Crippen molar-refractivity contribution >= 4 is 36.3 Å². The Labute approximate surface area is 132 Å². The number of nitrogen functional groups attached to an aromatic ring is 1. The fraction of sp³-hybridized carbons (Fsp3) is 0.615. The Hall–Kier alpha value is -0.910. The summed E-state index contributed by atoms with van der Waals surface area (Å²) in [6, 6.07) is 1.74. The zero-order valence-corrected chi connectivity index (χ0v) is 13.4. The van der Waals surface area contributed by atoms with E-state index >= 15 is 0 Å². The summed E-state index contributed by atoms with van der Waals surface area (Å²) in [6.45, 7) is 3.65. The van der Waals surface area contributed by atoms with E-state index in [0.29, 0.717) is 11.7 Å². The maximum Gasteiger partial charge on any atom is 0.147 e. The minimum Gasteiger partial charge on any atom is -0.494 e. The molecule has 2 rings (SSSR count). The summed E-state index contributed by atoms with van der Waals surface area (Å²) in [5.74, 6) is 1.51. The van der Waals surface area contributed by atoms with E-state index in [2.05, 4.69) is 9.88 Å². The number of anilines is 2. The molecule has 0 spiro atoms. The molecule has 116 valence electrons. The van der Waals surface area contributed by atoms with Gasteiger partial charge >= 0.3 is 0 Å². The van der Waals surface area contributed by atoms with Gasteiger partial charge in [0.2, 0.25) is 0 Å². The second-order valence-electron chi connectivity index (χ2n) is 4.87. The Balaban J connectivity index is 0.00000180. The average Bonchev–Trinajstić information content (AvgIpc) is 2.38. The molecule has 1 aromatic heterocycles. The van der Waals surface area contributed by atoms with Crippen LogP contribution in [-0.4, -0.2) is 36.4 Å². The number of methoxy groups -OCH3 is 1. The molecule has 0 amide bonds. The Morgan fingerprint density at radius 1 is 1.50 bits per heavy atom. The predicted molar refractivity (Wildman–Crippen MR) is 86.3 cm³/mol. The van der Waals surface area contributed by atoms with Gasteiger partial charge in [-0.05, 0) is 19.8 Å². The van der Waals surface area contributed by atoms with Crippen LogP contribution in [0.1, 0.15) is 19.8 Å². The lowest BCUT2D eigenvalue weighted by molar-refractivity contribution is 0.115. The van der Waals surface area contributed by atoms with E-state index < -0.39 is 0 Å². The molecule has 1 aliphatic rings. The van der Waals surface area contributed by atoms with Crippen LogP contribution in [0, 0.1) is 5.92 Å². The Morgan fingerprint density at radius 3 is 2.80 bits per heavy atom. The number of nitrogens with zero attached hydrogens (tertiary/aromatic N) is 2. The Morgan fingerprint density at radius 2 is 2.20 bits per heavy atom. The van der Waals surface area contributed by atoms with Crippen LogP contribution in [-0.2, 0) is 0 Å². The van der Waals surface area contributed by atoms with Gasteiger partial charge in [0.05, 0.1) is 25.1 Å². The molecule has 0 aliphatic carbocycles. The number of hydrogen-bond acceptors (Lipinski definition) is 5. The van der Waals surface area contributed by atoms with Crippen molar-refractivity contribution < 1.29 is 9.84 Å². The highest BCUT2D eigenvalue weighted by Crippen LogP contribution is 2.32.